The van der Waals surface area contributed by atoms with Gasteiger partial charge in [-0.15, -0.1) is 0 Å². The first-order chi connectivity index (χ1) is 8.40. The number of hydrogen-bond acceptors (Lipinski definition) is 2. The molecule has 0 aromatic heterocycles. The summed E-state index contributed by atoms with van der Waals surface area (Å²) in [6, 6.07) is 3.34. The second-order valence-electron chi connectivity index (χ2n) is 3.96. The molecule has 1 amide bonds. The third kappa shape index (κ3) is 2.55. The van der Waals surface area contributed by atoms with Gasteiger partial charge in [0.1, 0.15) is 0 Å². The molecule has 1 aromatic carbocycles. The number of carbonyl (C=O) groups excluding carboxylic acids is 1. The van der Waals surface area contributed by atoms with Crippen molar-refractivity contribution in [3.8, 4) is 0 Å². The fraction of sp³-hybridized carbons (Fsp3) is 0.273. The second-order valence-corrected chi connectivity index (χ2v) is 6.11. The van der Waals surface area contributed by atoms with E-state index in [0.29, 0.717) is 19.7 Å². The van der Waals surface area contributed by atoms with Crippen molar-refractivity contribution in [3.05, 3.63) is 26.1 Å². The number of carboxylic acids is 1. The molecule has 1 aliphatic heterocycles. The van der Waals surface area contributed by atoms with Gasteiger partial charge in [-0.25, -0.2) is 0 Å². The first-order valence-corrected chi connectivity index (χ1v) is 7.04. The lowest BCUT2D eigenvalue weighted by molar-refractivity contribution is -0.141. The molecule has 1 atom stereocenters. The van der Waals surface area contributed by atoms with Crippen LogP contribution >= 0.6 is 43.5 Å². The largest absolute Gasteiger partial charge is 0.481 e. The predicted octanol–water partition coefficient (Wildman–Crippen LogP) is 3.30. The maximum absolute atomic E-state index is 11.9. The van der Waals surface area contributed by atoms with Crippen LogP contribution < -0.4 is 4.90 Å². The van der Waals surface area contributed by atoms with Gasteiger partial charge in [0.15, 0.2) is 0 Å². The van der Waals surface area contributed by atoms with Crippen molar-refractivity contribution in [2.45, 2.75) is 6.42 Å². The lowest BCUT2D eigenvalue weighted by Gasteiger charge is -2.19. The molecular formula is C11H8Br2ClNO3. The van der Waals surface area contributed by atoms with E-state index in [4.69, 9.17) is 16.7 Å². The van der Waals surface area contributed by atoms with E-state index in [1.54, 1.807) is 12.1 Å². The lowest BCUT2D eigenvalue weighted by Crippen LogP contribution is -2.26. The molecule has 1 fully saturated rings. The van der Waals surface area contributed by atoms with Gasteiger partial charge in [-0.05, 0) is 44.0 Å². The number of rotatable bonds is 2. The Morgan fingerprint density at radius 1 is 1.39 bits per heavy atom. The molecule has 4 nitrogen and oxygen atoms in total. The number of aliphatic carboxylic acids is 1. The van der Waals surface area contributed by atoms with E-state index in [1.165, 1.54) is 4.90 Å². The van der Waals surface area contributed by atoms with Crippen LogP contribution in [0.25, 0.3) is 0 Å². The van der Waals surface area contributed by atoms with Crippen LogP contribution in [0.1, 0.15) is 6.42 Å². The Bertz CT molecular complexity index is 512. The van der Waals surface area contributed by atoms with E-state index in [2.05, 4.69) is 31.9 Å². The van der Waals surface area contributed by atoms with Crippen LogP contribution in [0.3, 0.4) is 0 Å². The van der Waals surface area contributed by atoms with Crippen LogP contribution in [-0.4, -0.2) is 23.5 Å². The van der Waals surface area contributed by atoms with Crippen molar-refractivity contribution in [1.29, 1.82) is 0 Å². The molecule has 0 bridgehead atoms. The fourth-order valence-corrected chi connectivity index (χ4v) is 3.98. The van der Waals surface area contributed by atoms with Crippen LogP contribution in [-0.2, 0) is 9.59 Å². The van der Waals surface area contributed by atoms with Crippen molar-refractivity contribution in [1.82, 2.24) is 0 Å². The Labute approximate surface area is 125 Å². The number of benzene rings is 1. The molecule has 1 aliphatic rings. The van der Waals surface area contributed by atoms with Crippen molar-refractivity contribution < 1.29 is 14.7 Å². The number of nitrogens with zero attached hydrogens (tertiary/aromatic N) is 1. The molecule has 1 saturated heterocycles. The Kier molecular flexibility index (Phi) is 3.99. The summed E-state index contributed by atoms with van der Waals surface area (Å²) in [5, 5.41) is 9.48. The number of carbonyl (C=O) groups is 2. The molecule has 18 heavy (non-hydrogen) atoms. The zero-order chi connectivity index (χ0) is 13.4. The molecule has 7 heteroatoms. The number of carboxylic acid groups (broad SMARTS) is 1. The highest BCUT2D eigenvalue weighted by Gasteiger charge is 2.36. The Morgan fingerprint density at radius 2 is 1.94 bits per heavy atom. The molecule has 1 unspecified atom stereocenters. The summed E-state index contributed by atoms with van der Waals surface area (Å²) in [5.74, 6) is -1.81. The number of halogens is 3. The third-order valence-electron chi connectivity index (χ3n) is 2.73. The van der Waals surface area contributed by atoms with Crippen molar-refractivity contribution in [2.24, 2.45) is 5.92 Å². The minimum Gasteiger partial charge on any atom is -0.481 e. The topological polar surface area (TPSA) is 57.6 Å². The normalized spacial score (nSPS) is 19.4. The third-order valence-corrected chi connectivity index (χ3v) is 4.15. The minimum atomic E-state index is -0.952. The average Bonchev–Trinajstić information content (AvgIpc) is 2.59. The molecule has 0 aliphatic carbocycles. The maximum atomic E-state index is 11.9. The van der Waals surface area contributed by atoms with E-state index in [1.807, 2.05) is 0 Å². The number of amides is 1. The molecule has 1 N–H and O–H groups in total. The van der Waals surface area contributed by atoms with Crippen LogP contribution in [0, 0.1) is 5.92 Å². The average molecular weight is 397 g/mol. The van der Waals surface area contributed by atoms with Gasteiger partial charge in [0.05, 0.1) is 11.6 Å². The summed E-state index contributed by atoms with van der Waals surface area (Å²) in [6.07, 6.45) is 0.0246. The van der Waals surface area contributed by atoms with Gasteiger partial charge < -0.3 is 10.0 Å². The van der Waals surface area contributed by atoms with Crippen LogP contribution in [0.5, 0.6) is 0 Å². The SMILES string of the molecule is O=C(O)C1CC(=O)N(c2c(Br)cc(Cl)cc2Br)C1. The first-order valence-electron chi connectivity index (χ1n) is 5.08. The summed E-state index contributed by atoms with van der Waals surface area (Å²) in [4.78, 5) is 24.3. The summed E-state index contributed by atoms with van der Waals surface area (Å²) in [7, 11) is 0. The van der Waals surface area contributed by atoms with Gasteiger partial charge in [0.25, 0.3) is 0 Å². The van der Waals surface area contributed by atoms with Gasteiger partial charge in [-0.2, -0.15) is 0 Å². The lowest BCUT2D eigenvalue weighted by atomic mass is 10.1. The Hall–Kier alpha value is -0.590. The zero-order valence-electron chi connectivity index (χ0n) is 8.99. The van der Waals surface area contributed by atoms with Crippen molar-refractivity contribution >= 4 is 61.0 Å². The van der Waals surface area contributed by atoms with E-state index in [9.17, 15) is 9.59 Å². The number of anilines is 1. The second kappa shape index (κ2) is 5.19. The summed E-state index contributed by atoms with van der Waals surface area (Å²) in [5.41, 5.74) is 0.619. The standard InChI is InChI=1S/C11H8Br2ClNO3/c12-7-2-6(14)3-8(13)10(7)15-4-5(11(17)18)1-9(15)16/h2-3,5H,1,4H2,(H,17,18). The highest BCUT2D eigenvalue weighted by Crippen LogP contribution is 2.39. The molecular weight excluding hydrogens is 389 g/mol. The van der Waals surface area contributed by atoms with Gasteiger partial charge in [0.2, 0.25) is 5.91 Å². The van der Waals surface area contributed by atoms with Crippen molar-refractivity contribution in [2.75, 3.05) is 11.4 Å². The van der Waals surface area contributed by atoms with Gasteiger partial charge >= 0.3 is 5.97 Å². The van der Waals surface area contributed by atoms with Gasteiger partial charge in [-0.3, -0.25) is 9.59 Å². The molecule has 0 radical (unpaired) electrons. The molecule has 96 valence electrons. The van der Waals surface area contributed by atoms with E-state index >= 15 is 0 Å². The molecule has 0 saturated carbocycles. The highest BCUT2D eigenvalue weighted by atomic mass is 79.9. The van der Waals surface area contributed by atoms with Crippen molar-refractivity contribution in [3.63, 3.8) is 0 Å². The zero-order valence-corrected chi connectivity index (χ0v) is 12.9. The van der Waals surface area contributed by atoms with Crippen LogP contribution in [0.15, 0.2) is 21.1 Å². The minimum absolute atomic E-state index is 0.0246. The molecule has 1 aromatic rings. The Balaban J connectivity index is 2.39. The number of hydrogen-bond donors (Lipinski definition) is 1. The monoisotopic (exact) mass is 395 g/mol. The molecule has 1 heterocycles. The van der Waals surface area contributed by atoms with Gasteiger partial charge in [-0.1, -0.05) is 11.6 Å². The van der Waals surface area contributed by atoms with E-state index < -0.39 is 11.9 Å². The quantitative estimate of drug-likeness (QED) is 0.833. The summed E-state index contributed by atoms with van der Waals surface area (Å²) < 4.78 is 1.31. The molecule has 2 rings (SSSR count). The maximum Gasteiger partial charge on any atom is 0.308 e. The van der Waals surface area contributed by atoms with Crippen LogP contribution in [0.2, 0.25) is 5.02 Å². The van der Waals surface area contributed by atoms with E-state index in [0.717, 1.165) is 0 Å². The highest BCUT2D eigenvalue weighted by molar-refractivity contribution is 9.11. The fourth-order valence-electron chi connectivity index (χ4n) is 1.88. The molecule has 0 spiro atoms. The van der Waals surface area contributed by atoms with E-state index in [-0.39, 0.29) is 18.9 Å². The first kappa shape index (κ1) is 13.8. The van der Waals surface area contributed by atoms with Gasteiger partial charge in [0, 0.05) is 26.9 Å². The predicted molar refractivity (Wildman–Crippen MR) is 74.9 cm³/mol. The summed E-state index contributed by atoms with van der Waals surface area (Å²) >= 11 is 12.6. The smallest absolute Gasteiger partial charge is 0.308 e. The summed E-state index contributed by atoms with van der Waals surface area (Å²) in [6.45, 7) is 0.174. The van der Waals surface area contributed by atoms with Crippen LogP contribution in [0.4, 0.5) is 5.69 Å². The Morgan fingerprint density at radius 3 is 2.39 bits per heavy atom.